The van der Waals surface area contributed by atoms with E-state index < -0.39 is 17.0 Å². The molecule has 0 amide bonds. The van der Waals surface area contributed by atoms with E-state index >= 15 is 0 Å². The van der Waals surface area contributed by atoms with Crippen LogP contribution in [0.4, 0.5) is 0 Å². The first-order chi connectivity index (χ1) is 9.24. The number of carbonyl (C=O) groups excluding carboxylic acids is 1. The van der Waals surface area contributed by atoms with E-state index in [1.807, 2.05) is 24.3 Å². The Morgan fingerprint density at radius 2 is 1.75 bits per heavy atom. The summed E-state index contributed by atoms with van der Waals surface area (Å²) in [5, 5.41) is 10.7. The van der Waals surface area contributed by atoms with Crippen LogP contribution in [0.3, 0.4) is 0 Å². The van der Waals surface area contributed by atoms with E-state index in [4.69, 9.17) is 9.47 Å². The number of ether oxygens (including phenoxy) is 2. The zero-order chi connectivity index (χ0) is 15.4. The molecule has 0 radical (unpaired) electrons. The Labute approximate surface area is 120 Å². The highest BCUT2D eigenvalue weighted by Crippen LogP contribution is 2.35. The minimum Gasteiger partial charge on any atom is -0.497 e. The van der Waals surface area contributed by atoms with Crippen molar-refractivity contribution in [3.63, 3.8) is 0 Å². The second kappa shape index (κ2) is 6.27. The van der Waals surface area contributed by atoms with Gasteiger partial charge in [0.05, 0.1) is 24.7 Å². The van der Waals surface area contributed by atoms with Crippen molar-refractivity contribution in [1.29, 1.82) is 0 Å². The predicted octanol–water partition coefficient (Wildman–Crippen LogP) is 2.58. The summed E-state index contributed by atoms with van der Waals surface area (Å²) in [4.78, 5) is 12.0. The van der Waals surface area contributed by atoms with Crippen LogP contribution in [0, 0.1) is 5.41 Å². The molecule has 20 heavy (non-hydrogen) atoms. The summed E-state index contributed by atoms with van der Waals surface area (Å²) in [5.74, 6) is 0.372. The van der Waals surface area contributed by atoms with E-state index in [1.54, 1.807) is 34.8 Å². The fraction of sp³-hybridized carbons (Fsp3) is 0.562. The summed E-state index contributed by atoms with van der Waals surface area (Å²) in [6.45, 7) is 7.13. The third-order valence-electron chi connectivity index (χ3n) is 3.84. The van der Waals surface area contributed by atoms with Crippen LogP contribution in [-0.2, 0) is 16.0 Å². The number of methoxy groups -OCH3 is 1. The van der Waals surface area contributed by atoms with Crippen LogP contribution in [-0.4, -0.2) is 30.4 Å². The van der Waals surface area contributed by atoms with Gasteiger partial charge in [-0.3, -0.25) is 4.79 Å². The molecule has 0 spiro atoms. The highest BCUT2D eigenvalue weighted by molar-refractivity contribution is 5.77. The van der Waals surface area contributed by atoms with Crippen LogP contribution in [0.25, 0.3) is 0 Å². The Balaban J connectivity index is 2.89. The van der Waals surface area contributed by atoms with Crippen LogP contribution in [0.15, 0.2) is 24.3 Å². The lowest BCUT2D eigenvalue weighted by Gasteiger charge is -2.38. The molecule has 1 atom stereocenters. The summed E-state index contributed by atoms with van der Waals surface area (Å²) in [5.41, 5.74) is -1.25. The molecule has 112 valence electrons. The molecule has 1 rings (SSSR count). The Hall–Kier alpha value is -1.55. The van der Waals surface area contributed by atoms with Gasteiger partial charge in [0.15, 0.2) is 0 Å². The van der Waals surface area contributed by atoms with Gasteiger partial charge in [-0.25, -0.2) is 0 Å². The Bertz CT molecular complexity index is 446. The van der Waals surface area contributed by atoms with Gasteiger partial charge < -0.3 is 14.6 Å². The van der Waals surface area contributed by atoms with Gasteiger partial charge in [0.25, 0.3) is 0 Å². The molecule has 1 aromatic carbocycles. The number of esters is 1. The van der Waals surface area contributed by atoms with Gasteiger partial charge in [0.2, 0.25) is 0 Å². The number of hydrogen-bond donors (Lipinski definition) is 1. The number of rotatable bonds is 6. The molecular formula is C16H24O4. The third kappa shape index (κ3) is 3.51. The summed E-state index contributed by atoms with van der Waals surface area (Å²) >= 11 is 0. The van der Waals surface area contributed by atoms with Crippen molar-refractivity contribution in [2.75, 3.05) is 13.7 Å². The van der Waals surface area contributed by atoms with Gasteiger partial charge in [0.1, 0.15) is 5.75 Å². The highest BCUT2D eigenvalue weighted by Gasteiger charge is 2.46. The molecule has 0 aliphatic rings. The van der Waals surface area contributed by atoms with E-state index in [1.165, 1.54) is 0 Å². The van der Waals surface area contributed by atoms with E-state index in [-0.39, 0.29) is 0 Å². The van der Waals surface area contributed by atoms with Gasteiger partial charge in [-0.2, -0.15) is 0 Å². The maximum atomic E-state index is 12.0. The predicted molar refractivity (Wildman–Crippen MR) is 77.7 cm³/mol. The fourth-order valence-corrected chi connectivity index (χ4v) is 1.89. The van der Waals surface area contributed by atoms with E-state index in [2.05, 4.69) is 0 Å². The maximum absolute atomic E-state index is 12.0. The summed E-state index contributed by atoms with van der Waals surface area (Å²) < 4.78 is 10.1. The van der Waals surface area contributed by atoms with Gasteiger partial charge in [-0.15, -0.1) is 0 Å². The zero-order valence-corrected chi connectivity index (χ0v) is 12.9. The molecule has 1 aromatic rings. The largest absolute Gasteiger partial charge is 0.497 e. The van der Waals surface area contributed by atoms with Crippen molar-refractivity contribution in [3.05, 3.63) is 29.8 Å². The fourth-order valence-electron chi connectivity index (χ4n) is 1.89. The van der Waals surface area contributed by atoms with Crippen molar-refractivity contribution in [2.24, 2.45) is 5.41 Å². The molecule has 4 heteroatoms. The zero-order valence-electron chi connectivity index (χ0n) is 12.9. The summed E-state index contributed by atoms with van der Waals surface area (Å²) in [6.07, 6.45) is 0.364. The molecule has 0 fully saturated rings. The molecular weight excluding hydrogens is 256 g/mol. The monoisotopic (exact) mass is 280 g/mol. The lowest BCUT2D eigenvalue weighted by atomic mass is 9.73. The van der Waals surface area contributed by atoms with Crippen molar-refractivity contribution in [1.82, 2.24) is 0 Å². The first kappa shape index (κ1) is 16.5. The van der Waals surface area contributed by atoms with E-state index in [0.717, 1.165) is 11.3 Å². The minimum atomic E-state index is -1.20. The first-order valence-corrected chi connectivity index (χ1v) is 6.77. The molecule has 0 aliphatic heterocycles. The van der Waals surface area contributed by atoms with Crippen molar-refractivity contribution in [3.8, 4) is 5.75 Å². The Kier molecular flexibility index (Phi) is 5.17. The Morgan fingerprint density at radius 3 is 2.20 bits per heavy atom. The van der Waals surface area contributed by atoms with Gasteiger partial charge in [-0.1, -0.05) is 12.1 Å². The van der Waals surface area contributed by atoms with Crippen LogP contribution < -0.4 is 4.74 Å². The van der Waals surface area contributed by atoms with Crippen molar-refractivity contribution >= 4 is 5.97 Å². The molecule has 4 nitrogen and oxygen atoms in total. The second-order valence-corrected chi connectivity index (χ2v) is 5.64. The second-order valence-electron chi connectivity index (χ2n) is 5.64. The quantitative estimate of drug-likeness (QED) is 0.814. The van der Waals surface area contributed by atoms with Crippen LogP contribution in [0.2, 0.25) is 0 Å². The molecule has 0 bridgehead atoms. The summed E-state index contributed by atoms with van der Waals surface area (Å²) in [7, 11) is 1.61. The lowest BCUT2D eigenvalue weighted by Crippen LogP contribution is -2.49. The topological polar surface area (TPSA) is 55.8 Å². The van der Waals surface area contributed by atoms with Crippen LogP contribution in [0.1, 0.15) is 33.3 Å². The minimum absolute atomic E-state index is 0.306. The third-order valence-corrected chi connectivity index (χ3v) is 3.84. The number of aliphatic hydroxyl groups is 1. The average molecular weight is 280 g/mol. The highest BCUT2D eigenvalue weighted by atomic mass is 16.5. The SMILES string of the molecule is CCOC(=O)C(C)(C)C(C)(O)Cc1ccc(OC)cc1. The van der Waals surface area contributed by atoms with Crippen LogP contribution >= 0.6 is 0 Å². The molecule has 0 aromatic heterocycles. The van der Waals surface area contributed by atoms with Crippen LogP contribution in [0.5, 0.6) is 5.75 Å². The van der Waals surface area contributed by atoms with Crippen molar-refractivity contribution in [2.45, 2.75) is 39.7 Å². The average Bonchev–Trinajstić information content (AvgIpc) is 2.39. The molecule has 0 saturated carbocycles. The van der Waals surface area contributed by atoms with Gasteiger partial charge in [0, 0.05) is 6.42 Å². The van der Waals surface area contributed by atoms with E-state index in [9.17, 15) is 9.90 Å². The molecule has 1 unspecified atom stereocenters. The maximum Gasteiger partial charge on any atom is 0.314 e. The lowest BCUT2D eigenvalue weighted by molar-refractivity contribution is -0.168. The number of hydrogen-bond acceptors (Lipinski definition) is 4. The number of carbonyl (C=O) groups is 1. The molecule has 0 aliphatic carbocycles. The number of benzene rings is 1. The van der Waals surface area contributed by atoms with Gasteiger partial charge in [-0.05, 0) is 45.4 Å². The van der Waals surface area contributed by atoms with Gasteiger partial charge >= 0.3 is 5.97 Å². The first-order valence-electron chi connectivity index (χ1n) is 6.77. The van der Waals surface area contributed by atoms with E-state index in [0.29, 0.717) is 13.0 Å². The molecule has 0 saturated heterocycles. The van der Waals surface area contributed by atoms with Crippen molar-refractivity contribution < 1.29 is 19.4 Å². The molecule has 0 heterocycles. The Morgan fingerprint density at radius 1 is 1.20 bits per heavy atom. The smallest absolute Gasteiger partial charge is 0.314 e. The normalized spacial score (nSPS) is 14.5. The molecule has 1 N–H and O–H groups in total. The standard InChI is InChI=1S/C16H24O4/c1-6-20-14(17)15(2,3)16(4,18)11-12-7-9-13(19-5)10-8-12/h7-10,18H,6,11H2,1-5H3. The summed E-state index contributed by atoms with van der Waals surface area (Å²) in [6, 6.07) is 7.44.